The van der Waals surface area contributed by atoms with Crippen LogP contribution in [0.25, 0.3) is 0 Å². The molecule has 9 nitrogen and oxygen atoms in total. The molecule has 1 aliphatic carbocycles. The predicted molar refractivity (Wildman–Crippen MR) is 157 cm³/mol. The molecule has 0 spiro atoms. The number of nitrogens with one attached hydrogen (secondary N) is 3. The number of carbonyl (C=O) groups excluding carboxylic acids is 2. The van der Waals surface area contributed by atoms with Crippen LogP contribution in [0.2, 0.25) is 0 Å². The third-order valence-corrected chi connectivity index (χ3v) is 6.63. The SMILES string of the molecule is CCCCNc1nc(Nc2cccc(F)c2)ncc1C#C[C@H]1C[C@H](NC(=O)[C@H](C)N(C)C(=O)/C=C/CN(C)C)C1. The molecule has 0 radical (unpaired) electrons. The zero-order valence-corrected chi connectivity index (χ0v) is 24.0. The highest BCUT2D eigenvalue weighted by Crippen LogP contribution is 2.27. The summed E-state index contributed by atoms with van der Waals surface area (Å²) < 4.78 is 13.5. The van der Waals surface area contributed by atoms with Gasteiger partial charge in [-0.25, -0.2) is 9.37 Å². The van der Waals surface area contributed by atoms with E-state index in [0.29, 0.717) is 29.6 Å². The van der Waals surface area contributed by atoms with Gasteiger partial charge in [0.2, 0.25) is 17.8 Å². The van der Waals surface area contributed by atoms with E-state index in [0.717, 1.165) is 32.2 Å². The molecule has 3 rings (SSSR count). The first-order valence-electron chi connectivity index (χ1n) is 13.7. The molecule has 3 N–H and O–H groups in total. The molecular weight excluding hydrogens is 509 g/mol. The molecule has 1 saturated carbocycles. The molecule has 0 unspecified atom stereocenters. The molecule has 1 aliphatic rings. The van der Waals surface area contributed by atoms with Crippen LogP contribution < -0.4 is 16.0 Å². The molecule has 0 bridgehead atoms. The minimum absolute atomic E-state index is 0.0262. The van der Waals surface area contributed by atoms with Crippen molar-refractivity contribution in [2.45, 2.75) is 51.6 Å². The lowest BCUT2D eigenvalue weighted by molar-refractivity contribution is -0.135. The second-order valence-electron chi connectivity index (χ2n) is 10.3. The number of unbranched alkanes of at least 4 members (excludes halogenated alkanes) is 1. The van der Waals surface area contributed by atoms with Crippen molar-refractivity contribution in [2.24, 2.45) is 5.92 Å². The average Bonchev–Trinajstić information content (AvgIpc) is 2.89. The minimum Gasteiger partial charge on any atom is -0.369 e. The third-order valence-electron chi connectivity index (χ3n) is 6.63. The van der Waals surface area contributed by atoms with Crippen molar-refractivity contribution in [3.05, 3.63) is 54.0 Å². The summed E-state index contributed by atoms with van der Waals surface area (Å²) in [5.41, 5.74) is 1.25. The summed E-state index contributed by atoms with van der Waals surface area (Å²) in [7, 11) is 5.48. The van der Waals surface area contributed by atoms with Gasteiger partial charge in [-0.05, 0) is 58.5 Å². The van der Waals surface area contributed by atoms with Gasteiger partial charge < -0.3 is 25.8 Å². The van der Waals surface area contributed by atoms with Crippen molar-refractivity contribution < 1.29 is 14.0 Å². The van der Waals surface area contributed by atoms with E-state index in [1.165, 1.54) is 23.1 Å². The standard InChI is InChI=1S/C30H40FN7O2/c1-6-7-15-32-28-23(20-33-30(36-28)35-25-11-8-10-24(31)19-25)14-13-22-17-26(18-22)34-29(40)21(2)38(5)27(39)12-9-16-37(3)4/h8-12,19-22,26H,6-7,15-18H2,1-5H3,(H,34,40)(H2,32,33,35,36)/b12-9+/t21-,22-,26-/m0/s1. The Morgan fingerprint density at radius 2 is 2.02 bits per heavy atom. The number of aromatic nitrogens is 2. The van der Waals surface area contributed by atoms with Crippen LogP contribution in [0.1, 0.15) is 45.1 Å². The Hall–Kier alpha value is -3.97. The van der Waals surface area contributed by atoms with E-state index in [1.807, 2.05) is 19.0 Å². The molecule has 0 aliphatic heterocycles. The fourth-order valence-electron chi connectivity index (χ4n) is 3.95. The van der Waals surface area contributed by atoms with Crippen LogP contribution in [0, 0.1) is 23.6 Å². The van der Waals surface area contributed by atoms with Crippen molar-refractivity contribution >= 4 is 29.3 Å². The maximum atomic E-state index is 13.5. The zero-order chi connectivity index (χ0) is 29.1. The number of hydrogen-bond acceptors (Lipinski definition) is 7. The molecule has 2 aromatic rings. The van der Waals surface area contributed by atoms with Gasteiger partial charge in [0.25, 0.3) is 0 Å². The largest absolute Gasteiger partial charge is 0.369 e. The van der Waals surface area contributed by atoms with Gasteiger partial charge >= 0.3 is 0 Å². The summed E-state index contributed by atoms with van der Waals surface area (Å²) in [5, 5.41) is 9.39. The Balaban J connectivity index is 1.55. The molecule has 40 heavy (non-hydrogen) atoms. The smallest absolute Gasteiger partial charge is 0.246 e. The Morgan fingerprint density at radius 1 is 1.25 bits per heavy atom. The van der Waals surface area contributed by atoms with Crippen molar-refractivity contribution in [3.63, 3.8) is 0 Å². The topological polar surface area (TPSA) is 102 Å². The second-order valence-corrected chi connectivity index (χ2v) is 10.3. The first-order valence-corrected chi connectivity index (χ1v) is 13.7. The first-order chi connectivity index (χ1) is 19.2. The molecule has 214 valence electrons. The lowest BCUT2D eigenvalue weighted by Gasteiger charge is -2.34. The highest BCUT2D eigenvalue weighted by Gasteiger charge is 2.31. The van der Waals surface area contributed by atoms with Crippen molar-refractivity contribution in [1.82, 2.24) is 25.1 Å². The predicted octanol–water partition coefficient (Wildman–Crippen LogP) is 3.78. The van der Waals surface area contributed by atoms with Gasteiger partial charge in [0.15, 0.2) is 0 Å². The van der Waals surface area contributed by atoms with Crippen molar-refractivity contribution in [3.8, 4) is 11.8 Å². The van der Waals surface area contributed by atoms with Crippen LogP contribution in [0.3, 0.4) is 0 Å². The van der Waals surface area contributed by atoms with E-state index in [4.69, 9.17) is 0 Å². The lowest BCUT2D eigenvalue weighted by atomic mass is 9.80. The molecule has 2 amide bonds. The number of benzene rings is 1. The van der Waals surface area contributed by atoms with E-state index in [9.17, 15) is 14.0 Å². The van der Waals surface area contributed by atoms with Crippen molar-refractivity contribution in [2.75, 3.05) is 44.9 Å². The summed E-state index contributed by atoms with van der Waals surface area (Å²) in [6, 6.07) is 5.58. The molecule has 1 aromatic heterocycles. The van der Waals surface area contributed by atoms with Gasteiger partial charge in [-0.3, -0.25) is 9.59 Å². The Labute approximate surface area is 236 Å². The summed E-state index contributed by atoms with van der Waals surface area (Å²) in [6.45, 7) is 5.25. The fraction of sp³-hybridized carbons (Fsp3) is 0.467. The number of halogens is 1. The van der Waals surface area contributed by atoms with Crippen LogP contribution in [-0.4, -0.2) is 77.9 Å². The molecule has 1 heterocycles. The number of likely N-dealkylation sites (N-methyl/N-ethyl adjacent to an activating group) is 2. The summed E-state index contributed by atoms with van der Waals surface area (Å²) in [4.78, 5) is 37.3. The Morgan fingerprint density at radius 3 is 2.73 bits per heavy atom. The van der Waals surface area contributed by atoms with Crippen LogP contribution in [0.4, 0.5) is 21.8 Å². The molecule has 0 saturated heterocycles. The van der Waals surface area contributed by atoms with Gasteiger partial charge in [0.1, 0.15) is 17.7 Å². The number of rotatable bonds is 12. The number of carbonyl (C=O) groups is 2. The Bertz CT molecular complexity index is 1250. The molecule has 10 heteroatoms. The number of hydrogen-bond donors (Lipinski definition) is 3. The highest BCUT2D eigenvalue weighted by atomic mass is 19.1. The van der Waals surface area contributed by atoms with Crippen LogP contribution in [-0.2, 0) is 9.59 Å². The molecular formula is C30H40FN7O2. The fourth-order valence-corrected chi connectivity index (χ4v) is 3.95. The maximum absolute atomic E-state index is 13.5. The van der Waals surface area contributed by atoms with E-state index < -0.39 is 6.04 Å². The van der Waals surface area contributed by atoms with E-state index in [-0.39, 0.29) is 29.6 Å². The van der Waals surface area contributed by atoms with Gasteiger partial charge in [-0.15, -0.1) is 0 Å². The number of nitrogens with zero attached hydrogens (tertiary/aromatic N) is 4. The van der Waals surface area contributed by atoms with Gasteiger partial charge in [0.05, 0.1) is 11.8 Å². The monoisotopic (exact) mass is 549 g/mol. The van der Waals surface area contributed by atoms with Crippen LogP contribution in [0.5, 0.6) is 0 Å². The van der Waals surface area contributed by atoms with E-state index in [2.05, 4.69) is 44.7 Å². The van der Waals surface area contributed by atoms with Crippen LogP contribution in [0.15, 0.2) is 42.6 Å². The molecule has 1 aromatic carbocycles. The van der Waals surface area contributed by atoms with Gasteiger partial charge in [-0.2, -0.15) is 4.98 Å². The number of amides is 2. The zero-order valence-electron chi connectivity index (χ0n) is 24.0. The Kier molecular flexibility index (Phi) is 11.5. The maximum Gasteiger partial charge on any atom is 0.246 e. The number of anilines is 3. The van der Waals surface area contributed by atoms with Crippen molar-refractivity contribution in [1.29, 1.82) is 0 Å². The summed E-state index contributed by atoms with van der Waals surface area (Å²) >= 11 is 0. The second kappa shape index (κ2) is 15.0. The quantitative estimate of drug-likeness (QED) is 0.210. The first kappa shape index (κ1) is 30.6. The highest BCUT2D eigenvalue weighted by molar-refractivity contribution is 5.92. The third kappa shape index (κ3) is 9.35. The summed E-state index contributed by atoms with van der Waals surface area (Å²) in [6.07, 6.45) is 8.45. The van der Waals surface area contributed by atoms with Gasteiger partial charge in [-0.1, -0.05) is 37.3 Å². The van der Waals surface area contributed by atoms with Crippen LogP contribution >= 0.6 is 0 Å². The lowest BCUT2D eigenvalue weighted by Crippen LogP contribution is -2.51. The minimum atomic E-state index is -0.574. The average molecular weight is 550 g/mol. The van der Waals surface area contributed by atoms with Gasteiger partial charge in [0, 0.05) is 43.9 Å². The van der Waals surface area contributed by atoms with E-state index >= 15 is 0 Å². The van der Waals surface area contributed by atoms with E-state index in [1.54, 1.807) is 38.4 Å². The molecule has 1 atom stereocenters. The molecule has 1 fully saturated rings. The normalized spacial score (nSPS) is 17.0. The summed E-state index contributed by atoms with van der Waals surface area (Å²) in [5.74, 6) is 6.88.